The number of nitrogens with two attached hydrogens (primary N) is 1. The zero-order valence-corrected chi connectivity index (χ0v) is 16.4. The van der Waals surface area contributed by atoms with Crippen LogP contribution in [0.1, 0.15) is 47.4 Å². The number of anilines is 2. The summed E-state index contributed by atoms with van der Waals surface area (Å²) in [6, 6.07) is 12.3. The Balaban J connectivity index is 1.66. The van der Waals surface area contributed by atoms with E-state index >= 15 is 0 Å². The molecule has 1 atom stereocenters. The number of hydrogen-bond donors (Lipinski definition) is 1. The van der Waals surface area contributed by atoms with Gasteiger partial charge >= 0.3 is 0 Å². The molecule has 1 aromatic carbocycles. The molecular weight excluding hydrogens is 400 g/mol. The summed E-state index contributed by atoms with van der Waals surface area (Å²) in [6.07, 6.45) is 1.68. The minimum atomic E-state index is -0.757. The van der Waals surface area contributed by atoms with Gasteiger partial charge in [-0.2, -0.15) is 15.8 Å². The number of nitrogen functional groups attached to an aromatic ring is 1. The first kappa shape index (κ1) is 19.4. The van der Waals surface area contributed by atoms with Gasteiger partial charge in [0.1, 0.15) is 23.0 Å². The third kappa shape index (κ3) is 3.24. The number of hydrogen-bond acceptors (Lipinski definition) is 8. The lowest BCUT2D eigenvalue weighted by Gasteiger charge is -2.16. The molecule has 2 amide bonds. The predicted octanol–water partition coefficient (Wildman–Crippen LogP) is 2.58. The van der Waals surface area contributed by atoms with Gasteiger partial charge in [-0.05, 0) is 48.6 Å². The molecule has 1 aromatic heterocycles. The Kier molecular flexibility index (Phi) is 4.87. The normalized spacial score (nSPS) is 18.0. The van der Waals surface area contributed by atoms with Crippen LogP contribution in [0.3, 0.4) is 0 Å². The van der Waals surface area contributed by atoms with E-state index in [1.807, 2.05) is 12.1 Å². The highest BCUT2D eigenvalue weighted by molar-refractivity contribution is 8.00. The third-order valence-electron chi connectivity index (χ3n) is 5.05. The molecule has 146 valence electrons. The van der Waals surface area contributed by atoms with Crippen LogP contribution < -0.4 is 10.6 Å². The first-order valence-electron chi connectivity index (χ1n) is 9.15. The summed E-state index contributed by atoms with van der Waals surface area (Å²) in [5.41, 5.74) is 7.83. The predicted molar refractivity (Wildman–Crippen MR) is 108 cm³/mol. The van der Waals surface area contributed by atoms with Crippen LogP contribution in [0.4, 0.5) is 11.5 Å². The Bertz CT molecular complexity index is 1200. The van der Waals surface area contributed by atoms with E-state index in [1.54, 1.807) is 12.1 Å². The topological polar surface area (TPSA) is 148 Å². The Morgan fingerprint density at radius 3 is 2.27 bits per heavy atom. The second-order valence-electron chi connectivity index (χ2n) is 7.00. The van der Waals surface area contributed by atoms with Crippen molar-refractivity contribution in [3.05, 3.63) is 46.5 Å². The Labute approximate surface area is 176 Å². The molecule has 30 heavy (non-hydrogen) atoms. The van der Waals surface area contributed by atoms with Gasteiger partial charge in [0.25, 0.3) is 0 Å². The van der Waals surface area contributed by atoms with Gasteiger partial charge in [-0.3, -0.25) is 9.59 Å². The van der Waals surface area contributed by atoms with E-state index < -0.39 is 11.2 Å². The van der Waals surface area contributed by atoms with E-state index in [1.165, 1.54) is 12.1 Å². The standard InChI is InChI=1S/C21H14N6O2S/c22-8-11-1-5-13(6-2-11)27-17(28)7-16(21(27)29)30-20-15(10-24)18(12-3-4-12)14(9-23)19(25)26-20/h1-2,5-6,12,16H,3-4,7H2,(H2,25,26)/t16-/m0/s1. The maximum atomic E-state index is 12.9. The summed E-state index contributed by atoms with van der Waals surface area (Å²) in [4.78, 5) is 30.7. The highest BCUT2D eigenvalue weighted by Gasteiger charge is 2.41. The number of rotatable bonds is 4. The first-order chi connectivity index (χ1) is 14.5. The molecule has 0 bridgehead atoms. The number of aromatic nitrogens is 1. The number of carbonyl (C=O) groups excluding carboxylic acids is 2. The molecule has 0 spiro atoms. The number of thioether (sulfide) groups is 1. The highest BCUT2D eigenvalue weighted by atomic mass is 32.2. The molecule has 0 radical (unpaired) electrons. The van der Waals surface area contributed by atoms with Crippen molar-refractivity contribution in [1.82, 2.24) is 4.98 Å². The zero-order valence-electron chi connectivity index (χ0n) is 15.6. The molecule has 1 aliphatic carbocycles. The van der Waals surface area contributed by atoms with Crippen LogP contribution in [0.15, 0.2) is 29.3 Å². The van der Waals surface area contributed by atoms with Crippen molar-refractivity contribution in [2.75, 3.05) is 10.6 Å². The van der Waals surface area contributed by atoms with Crippen LogP contribution in [0.25, 0.3) is 0 Å². The van der Waals surface area contributed by atoms with Crippen LogP contribution in [-0.2, 0) is 9.59 Å². The number of carbonyl (C=O) groups is 2. The number of benzene rings is 1. The summed E-state index contributed by atoms with van der Waals surface area (Å²) in [5.74, 6) is -0.669. The number of nitrogens with zero attached hydrogens (tertiary/aromatic N) is 5. The minimum Gasteiger partial charge on any atom is -0.383 e. The van der Waals surface area contributed by atoms with E-state index in [2.05, 4.69) is 11.1 Å². The van der Waals surface area contributed by atoms with Gasteiger partial charge < -0.3 is 5.73 Å². The average Bonchev–Trinajstić information content (AvgIpc) is 3.54. The Morgan fingerprint density at radius 2 is 1.70 bits per heavy atom. The maximum absolute atomic E-state index is 12.9. The van der Waals surface area contributed by atoms with E-state index in [0.717, 1.165) is 29.5 Å². The molecule has 2 fully saturated rings. The fraction of sp³-hybridized carbons (Fsp3) is 0.238. The molecule has 1 saturated carbocycles. The molecule has 8 nitrogen and oxygen atoms in total. The molecule has 2 aromatic rings. The molecule has 1 aliphatic heterocycles. The van der Waals surface area contributed by atoms with E-state index in [0.29, 0.717) is 16.8 Å². The van der Waals surface area contributed by atoms with Gasteiger partial charge in [-0.15, -0.1) is 0 Å². The fourth-order valence-corrected chi connectivity index (χ4v) is 4.60. The fourth-order valence-electron chi connectivity index (χ4n) is 3.48. The van der Waals surface area contributed by atoms with Crippen molar-refractivity contribution in [3.63, 3.8) is 0 Å². The van der Waals surface area contributed by atoms with Gasteiger partial charge in [0, 0.05) is 6.42 Å². The Hall–Kier alpha value is -3.87. The lowest BCUT2D eigenvalue weighted by atomic mass is 10.0. The summed E-state index contributed by atoms with van der Waals surface area (Å²) >= 11 is 1.03. The van der Waals surface area contributed by atoms with Gasteiger partial charge in [0.05, 0.1) is 33.7 Å². The van der Waals surface area contributed by atoms with Crippen molar-refractivity contribution in [2.45, 2.75) is 35.5 Å². The molecule has 9 heteroatoms. The summed E-state index contributed by atoms with van der Waals surface area (Å²) in [6.45, 7) is 0. The molecular formula is C21H14N6O2S. The van der Waals surface area contributed by atoms with Crippen LogP contribution in [0, 0.1) is 34.0 Å². The highest BCUT2D eigenvalue weighted by Crippen LogP contribution is 2.46. The molecule has 2 N–H and O–H groups in total. The number of amides is 2. The molecule has 4 rings (SSSR count). The SMILES string of the molecule is N#Cc1ccc(N2C(=O)C[C@H](Sc3nc(N)c(C#N)c(C4CC4)c3C#N)C2=O)cc1. The number of nitriles is 3. The second-order valence-corrected chi connectivity index (χ2v) is 8.19. The monoisotopic (exact) mass is 414 g/mol. The van der Waals surface area contributed by atoms with Crippen molar-refractivity contribution >= 4 is 35.1 Å². The zero-order chi connectivity index (χ0) is 21.4. The smallest absolute Gasteiger partial charge is 0.247 e. The van der Waals surface area contributed by atoms with E-state index in [4.69, 9.17) is 11.0 Å². The summed E-state index contributed by atoms with van der Waals surface area (Å²) in [5, 5.41) is 27.6. The number of pyridine rings is 1. The van der Waals surface area contributed by atoms with E-state index in [9.17, 15) is 20.1 Å². The van der Waals surface area contributed by atoms with Crippen LogP contribution >= 0.6 is 11.8 Å². The average molecular weight is 414 g/mol. The van der Waals surface area contributed by atoms with Gasteiger partial charge in [-0.1, -0.05) is 11.8 Å². The quantitative estimate of drug-likeness (QED) is 0.751. The van der Waals surface area contributed by atoms with Crippen molar-refractivity contribution in [2.24, 2.45) is 0 Å². The van der Waals surface area contributed by atoms with E-state index in [-0.39, 0.29) is 40.2 Å². The van der Waals surface area contributed by atoms with Gasteiger partial charge in [0.15, 0.2) is 0 Å². The maximum Gasteiger partial charge on any atom is 0.247 e. The summed E-state index contributed by atoms with van der Waals surface area (Å²) < 4.78 is 0. The lowest BCUT2D eigenvalue weighted by molar-refractivity contribution is -0.121. The van der Waals surface area contributed by atoms with Gasteiger partial charge in [-0.25, -0.2) is 9.88 Å². The van der Waals surface area contributed by atoms with Crippen molar-refractivity contribution < 1.29 is 9.59 Å². The summed E-state index contributed by atoms with van der Waals surface area (Å²) in [7, 11) is 0. The van der Waals surface area contributed by atoms with Crippen LogP contribution in [0.2, 0.25) is 0 Å². The molecule has 1 saturated heterocycles. The van der Waals surface area contributed by atoms with Gasteiger partial charge in [0.2, 0.25) is 11.8 Å². The lowest BCUT2D eigenvalue weighted by Crippen LogP contribution is -2.31. The molecule has 2 aliphatic rings. The van der Waals surface area contributed by atoms with Crippen molar-refractivity contribution in [3.8, 4) is 18.2 Å². The first-order valence-corrected chi connectivity index (χ1v) is 10.0. The molecule has 2 heterocycles. The second kappa shape index (κ2) is 7.51. The Morgan fingerprint density at radius 1 is 1.03 bits per heavy atom. The molecule has 0 unspecified atom stereocenters. The van der Waals surface area contributed by atoms with Crippen LogP contribution in [0.5, 0.6) is 0 Å². The third-order valence-corrected chi connectivity index (χ3v) is 6.23. The largest absolute Gasteiger partial charge is 0.383 e. The minimum absolute atomic E-state index is 0.0293. The number of imide groups is 1. The van der Waals surface area contributed by atoms with Crippen LogP contribution in [-0.4, -0.2) is 22.0 Å². The van der Waals surface area contributed by atoms with Crippen molar-refractivity contribution in [1.29, 1.82) is 15.8 Å².